The van der Waals surface area contributed by atoms with Gasteiger partial charge in [-0.2, -0.15) is 0 Å². The Morgan fingerprint density at radius 1 is 1.21 bits per heavy atom. The van der Waals surface area contributed by atoms with E-state index in [2.05, 4.69) is 43.1 Å². The van der Waals surface area contributed by atoms with Crippen molar-refractivity contribution in [3.05, 3.63) is 99.1 Å². The van der Waals surface area contributed by atoms with Crippen LogP contribution in [-0.4, -0.2) is 26.1 Å². The maximum absolute atomic E-state index is 14.2. The normalized spacial score (nSPS) is 13.0. The van der Waals surface area contributed by atoms with Crippen LogP contribution in [-0.2, 0) is 4.74 Å². The van der Waals surface area contributed by atoms with Gasteiger partial charge in [-0.25, -0.2) is 8.78 Å². The number of rotatable bonds is 10. The van der Waals surface area contributed by atoms with E-state index in [-0.39, 0.29) is 5.56 Å². The molecule has 1 heterocycles. The van der Waals surface area contributed by atoms with Gasteiger partial charge in [0.1, 0.15) is 0 Å². The number of hydrogen-bond acceptors (Lipinski definition) is 4. The average Bonchev–Trinajstić information content (AvgIpc) is 3.12. The van der Waals surface area contributed by atoms with Crippen molar-refractivity contribution in [2.45, 2.75) is 33.6 Å². The van der Waals surface area contributed by atoms with Crippen LogP contribution in [0, 0.1) is 25.5 Å². The zero-order chi connectivity index (χ0) is 24.5. The Morgan fingerprint density at radius 3 is 2.55 bits per heavy atom. The van der Waals surface area contributed by atoms with Crippen molar-refractivity contribution in [1.29, 1.82) is 0 Å². The molecule has 2 aromatic rings. The predicted octanol–water partition coefficient (Wildman–Crippen LogP) is 7.62. The van der Waals surface area contributed by atoms with Crippen molar-refractivity contribution in [2.75, 3.05) is 14.2 Å². The summed E-state index contributed by atoms with van der Waals surface area (Å²) in [5.41, 5.74) is 3.68. The predicted molar refractivity (Wildman–Crippen MR) is 137 cm³/mol. The number of ether oxygens (including phenoxy) is 1. The molecule has 0 amide bonds. The van der Waals surface area contributed by atoms with Gasteiger partial charge in [0.2, 0.25) is 0 Å². The van der Waals surface area contributed by atoms with Gasteiger partial charge >= 0.3 is 0 Å². The topological polar surface area (TPSA) is 34.0 Å². The van der Waals surface area contributed by atoms with Crippen LogP contribution in [0.3, 0.4) is 0 Å². The largest absolute Gasteiger partial charge is 0.501 e. The van der Waals surface area contributed by atoms with Crippen molar-refractivity contribution in [1.82, 2.24) is 0 Å². The van der Waals surface area contributed by atoms with E-state index in [0.29, 0.717) is 29.8 Å². The fourth-order valence-electron chi connectivity index (χ4n) is 3.30. The van der Waals surface area contributed by atoms with Crippen LogP contribution in [0.1, 0.15) is 40.6 Å². The third-order valence-electron chi connectivity index (χ3n) is 4.90. The van der Waals surface area contributed by atoms with Crippen molar-refractivity contribution in [2.24, 2.45) is 9.98 Å². The summed E-state index contributed by atoms with van der Waals surface area (Å²) in [7, 11) is 3.27. The van der Waals surface area contributed by atoms with Crippen molar-refractivity contribution in [3.63, 3.8) is 0 Å². The van der Waals surface area contributed by atoms with Crippen LogP contribution in [0.5, 0.6) is 0 Å². The molecule has 0 aliphatic heterocycles. The van der Waals surface area contributed by atoms with E-state index < -0.39 is 11.6 Å². The zero-order valence-electron chi connectivity index (χ0n) is 19.8. The van der Waals surface area contributed by atoms with Gasteiger partial charge in [-0.15, -0.1) is 11.3 Å². The first-order valence-corrected chi connectivity index (χ1v) is 11.3. The van der Waals surface area contributed by atoms with E-state index in [1.54, 1.807) is 38.6 Å². The average molecular weight is 469 g/mol. The van der Waals surface area contributed by atoms with Gasteiger partial charge < -0.3 is 4.74 Å². The van der Waals surface area contributed by atoms with Gasteiger partial charge in [-0.05, 0) is 62.6 Å². The fraction of sp³-hybridized carbons (Fsp3) is 0.259. The van der Waals surface area contributed by atoms with Gasteiger partial charge in [0.05, 0.1) is 18.6 Å². The highest BCUT2D eigenvalue weighted by Gasteiger charge is 2.11. The van der Waals surface area contributed by atoms with E-state index in [0.717, 1.165) is 22.3 Å². The molecule has 0 aliphatic carbocycles. The first-order valence-electron chi connectivity index (χ1n) is 10.5. The summed E-state index contributed by atoms with van der Waals surface area (Å²) in [6.07, 6.45) is 6.64. The molecule has 1 aromatic carbocycles. The Hall–Kier alpha value is -3.12. The van der Waals surface area contributed by atoms with Gasteiger partial charge in [-0.1, -0.05) is 25.3 Å². The molecule has 0 atom stereocenters. The second kappa shape index (κ2) is 12.2. The highest BCUT2D eigenvalue weighted by atomic mass is 32.1. The number of aryl methyl sites for hydroxylation is 2. The second-order valence-corrected chi connectivity index (χ2v) is 8.80. The molecular weight excluding hydrogens is 438 g/mol. The summed E-state index contributed by atoms with van der Waals surface area (Å²) in [6.45, 7) is 14.0. The molecule has 0 radical (unpaired) electrons. The molecule has 0 aliphatic rings. The molecule has 6 heteroatoms. The minimum absolute atomic E-state index is 0.109. The molecule has 0 spiro atoms. The van der Waals surface area contributed by atoms with Crippen molar-refractivity contribution in [3.8, 4) is 0 Å². The Kier molecular flexibility index (Phi) is 9.67. The molecule has 1 aromatic heterocycles. The van der Waals surface area contributed by atoms with Gasteiger partial charge in [0.25, 0.3) is 0 Å². The van der Waals surface area contributed by atoms with Crippen LogP contribution >= 0.6 is 11.3 Å². The summed E-state index contributed by atoms with van der Waals surface area (Å²) < 4.78 is 33.4. The lowest BCUT2D eigenvalue weighted by atomic mass is 10.1. The summed E-state index contributed by atoms with van der Waals surface area (Å²) in [5, 5.41) is 0. The van der Waals surface area contributed by atoms with Crippen molar-refractivity contribution < 1.29 is 13.5 Å². The quantitative estimate of drug-likeness (QED) is 0.201. The maximum Gasteiger partial charge on any atom is 0.167 e. The lowest BCUT2D eigenvalue weighted by molar-refractivity contribution is 0.278. The molecule has 2 rings (SSSR count). The Bertz CT molecular complexity index is 1150. The molecule has 0 saturated heterocycles. The number of methoxy groups -OCH3 is 1. The van der Waals surface area contributed by atoms with Crippen LogP contribution in [0.4, 0.5) is 8.78 Å². The summed E-state index contributed by atoms with van der Waals surface area (Å²) in [4.78, 5) is 10.9. The SMILES string of the molecule is C=C(C=NC)/C(=C\CC/C(=C/C(=C)c1sc(C)cc1C)OC)N=C(C)c1cccc(F)c1F. The van der Waals surface area contributed by atoms with E-state index in [1.807, 2.05) is 12.2 Å². The fourth-order valence-corrected chi connectivity index (χ4v) is 4.27. The standard InChI is InChI=1S/C27H30F2N2OS/c1-17-14-20(4)33-27(17)18(2)15-22(32-7)10-8-13-25(19(3)16-30-6)31-21(5)23-11-9-12-24(28)26(23)29/h9,11-16H,2-3,8,10H2,1,4-7H3/b22-15-,25-13+,30-16?,31-21?. The molecule has 0 N–H and O–H groups in total. The van der Waals surface area contributed by atoms with Gasteiger partial charge in [-0.3, -0.25) is 9.98 Å². The Morgan fingerprint density at radius 2 is 1.94 bits per heavy atom. The summed E-state index contributed by atoms with van der Waals surface area (Å²) in [6, 6.07) is 6.18. The Balaban J connectivity index is 2.26. The molecular formula is C27H30F2N2OS. The van der Waals surface area contributed by atoms with Crippen LogP contribution in [0.15, 0.2) is 76.6 Å². The van der Waals surface area contributed by atoms with Crippen molar-refractivity contribution >= 4 is 28.8 Å². The monoisotopic (exact) mass is 468 g/mol. The summed E-state index contributed by atoms with van der Waals surface area (Å²) >= 11 is 1.71. The molecule has 0 saturated carbocycles. The van der Waals surface area contributed by atoms with Gasteiger partial charge in [0, 0.05) is 46.3 Å². The first kappa shape index (κ1) is 26.1. The highest BCUT2D eigenvalue weighted by molar-refractivity contribution is 7.13. The third-order valence-corrected chi connectivity index (χ3v) is 6.13. The molecule has 33 heavy (non-hydrogen) atoms. The summed E-state index contributed by atoms with van der Waals surface area (Å²) in [5.74, 6) is -1.05. The first-order chi connectivity index (χ1) is 15.7. The molecule has 3 nitrogen and oxygen atoms in total. The molecule has 0 unspecified atom stereocenters. The minimum atomic E-state index is -0.921. The Labute approximate surface area is 199 Å². The lowest BCUT2D eigenvalue weighted by Crippen LogP contribution is -2.03. The molecule has 0 fully saturated rings. The molecule has 0 bridgehead atoms. The highest BCUT2D eigenvalue weighted by Crippen LogP contribution is 2.29. The smallest absolute Gasteiger partial charge is 0.167 e. The number of benzene rings is 1. The van der Waals surface area contributed by atoms with Crippen LogP contribution in [0.25, 0.3) is 5.57 Å². The maximum atomic E-state index is 14.2. The number of nitrogens with zero attached hydrogens (tertiary/aromatic N) is 2. The number of allylic oxidation sites excluding steroid dienone is 5. The lowest BCUT2D eigenvalue weighted by Gasteiger charge is -2.09. The van der Waals surface area contributed by atoms with Gasteiger partial charge in [0.15, 0.2) is 11.6 Å². The minimum Gasteiger partial charge on any atom is -0.501 e. The van der Waals surface area contributed by atoms with E-state index >= 15 is 0 Å². The zero-order valence-corrected chi connectivity index (χ0v) is 20.7. The second-order valence-electron chi connectivity index (χ2n) is 7.55. The number of halogens is 2. The third kappa shape index (κ3) is 7.19. The van der Waals surface area contributed by atoms with Crippen LogP contribution in [0.2, 0.25) is 0 Å². The number of thiophene rings is 1. The number of hydrogen-bond donors (Lipinski definition) is 0. The van der Waals surface area contributed by atoms with Crippen LogP contribution < -0.4 is 0 Å². The van der Waals surface area contributed by atoms with E-state index in [1.165, 1.54) is 22.6 Å². The number of aliphatic imine (C=N–C) groups is 2. The molecule has 174 valence electrons. The van der Waals surface area contributed by atoms with E-state index in [4.69, 9.17) is 4.74 Å². The van der Waals surface area contributed by atoms with E-state index in [9.17, 15) is 8.78 Å².